The molecule has 194 valence electrons. The minimum absolute atomic E-state index is 0.141. The minimum Gasteiger partial charge on any atom is -0.407 e. The molecule has 8 nitrogen and oxygen atoms in total. The smallest absolute Gasteiger partial charge is 0.407 e. The summed E-state index contributed by atoms with van der Waals surface area (Å²) in [5, 5.41) is 8.15. The SMILES string of the molecule is CNC(=O)c1ccccc1Sc1ccc2c(/C=C/c3ccccn3)nn(P3(=O)OCc4ccccc4O3)c2c1. The average Bonchev–Trinajstić information content (AvgIpc) is 3.35. The van der Waals surface area contributed by atoms with Gasteiger partial charge in [-0.05, 0) is 60.7 Å². The maximum Gasteiger partial charge on any atom is 0.509 e. The van der Waals surface area contributed by atoms with Crippen molar-refractivity contribution in [2.75, 3.05) is 7.05 Å². The van der Waals surface area contributed by atoms with Crippen LogP contribution in [-0.4, -0.2) is 27.5 Å². The number of fused-ring (bicyclic) bond motifs is 2. The summed E-state index contributed by atoms with van der Waals surface area (Å²) in [6.07, 6.45) is 5.40. The van der Waals surface area contributed by atoms with E-state index in [1.807, 2.05) is 84.9 Å². The molecule has 3 heterocycles. The normalized spacial score (nSPS) is 16.6. The molecule has 1 aliphatic rings. The number of para-hydroxylation sites is 1. The van der Waals surface area contributed by atoms with E-state index in [1.165, 1.54) is 16.2 Å². The highest BCUT2D eigenvalue weighted by Crippen LogP contribution is 2.55. The van der Waals surface area contributed by atoms with Gasteiger partial charge in [-0.15, -0.1) is 0 Å². The van der Waals surface area contributed by atoms with Crippen molar-refractivity contribution in [3.05, 3.63) is 114 Å². The van der Waals surface area contributed by atoms with Gasteiger partial charge in [0.15, 0.2) is 0 Å². The van der Waals surface area contributed by atoms with Gasteiger partial charge in [0.1, 0.15) is 5.75 Å². The van der Waals surface area contributed by atoms with Crippen LogP contribution in [0.3, 0.4) is 0 Å². The van der Waals surface area contributed by atoms with Gasteiger partial charge in [-0.1, -0.05) is 48.2 Å². The van der Waals surface area contributed by atoms with Crippen LogP contribution in [0.5, 0.6) is 5.75 Å². The van der Waals surface area contributed by atoms with Crippen LogP contribution in [0.1, 0.15) is 27.3 Å². The molecule has 1 atom stereocenters. The van der Waals surface area contributed by atoms with E-state index in [0.717, 1.165) is 26.4 Å². The average molecular weight is 555 g/mol. The highest BCUT2D eigenvalue weighted by Gasteiger charge is 2.37. The summed E-state index contributed by atoms with van der Waals surface area (Å²) in [7, 11) is -2.26. The molecule has 39 heavy (non-hydrogen) atoms. The number of amides is 1. The van der Waals surface area contributed by atoms with Gasteiger partial charge in [0.05, 0.1) is 29.1 Å². The molecule has 3 aromatic carbocycles. The second kappa shape index (κ2) is 10.5. The number of aromatic nitrogens is 3. The third-order valence-electron chi connectivity index (χ3n) is 6.15. The van der Waals surface area contributed by atoms with Crippen molar-refractivity contribution in [1.29, 1.82) is 0 Å². The standard InChI is InChI=1S/C29H23N4O4PS/c1-30-29(34)24-10-3-5-12-28(24)39-22-14-15-23-25(16-13-21-9-6-7-17-31-21)32-33(26(23)18-22)38(35)36-19-20-8-2-4-11-27(20)37-38/h2-18H,19H2,1H3,(H,30,34)/b16-13+. The van der Waals surface area contributed by atoms with Crippen LogP contribution in [0.25, 0.3) is 23.1 Å². The van der Waals surface area contributed by atoms with E-state index in [2.05, 4.69) is 10.3 Å². The van der Waals surface area contributed by atoms with Gasteiger partial charge >= 0.3 is 7.75 Å². The summed E-state index contributed by atoms with van der Waals surface area (Å²) < 4.78 is 27.2. The Labute approximate surface area is 229 Å². The maximum atomic E-state index is 14.1. The molecule has 0 spiro atoms. The van der Waals surface area contributed by atoms with Gasteiger partial charge in [-0.3, -0.25) is 14.3 Å². The van der Waals surface area contributed by atoms with Gasteiger partial charge in [-0.2, -0.15) is 9.55 Å². The van der Waals surface area contributed by atoms with Crippen molar-refractivity contribution in [3.8, 4) is 5.75 Å². The van der Waals surface area contributed by atoms with E-state index in [9.17, 15) is 9.36 Å². The fourth-order valence-electron chi connectivity index (χ4n) is 4.23. The van der Waals surface area contributed by atoms with E-state index < -0.39 is 7.75 Å². The number of nitrogens with one attached hydrogen (secondary N) is 1. The van der Waals surface area contributed by atoms with Gasteiger partial charge in [-0.25, -0.2) is 4.57 Å². The molecule has 2 aromatic heterocycles. The Morgan fingerprint density at radius 3 is 2.69 bits per heavy atom. The van der Waals surface area contributed by atoms with Crippen LogP contribution in [0.2, 0.25) is 0 Å². The van der Waals surface area contributed by atoms with Crippen molar-refractivity contribution >= 4 is 48.5 Å². The second-order valence-electron chi connectivity index (χ2n) is 8.66. The summed E-state index contributed by atoms with van der Waals surface area (Å²) >= 11 is 1.43. The first kappa shape index (κ1) is 25.1. The van der Waals surface area contributed by atoms with Crippen molar-refractivity contribution in [3.63, 3.8) is 0 Å². The summed E-state index contributed by atoms with van der Waals surface area (Å²) in [5.41, 5.74) is 3.34. The van der Waals surface area contributed by atoms with Crippen LogP contribution >= 0.6 is 19.5 Å². The molecule has 0 aliphatic carbocycles. The number of hydrogen-bond donors (Lipinski definition) is 1. The molecule has 1 amide bonds. The maximum absolute atomic E-state index is 14.1. The second-order valence-corrected chi connectivity index (χ2v) is 11.5. The fraction of sp³-hybridized carbons (Fsp3) is 0.0690. The lowest BCUT2D eigenvalue weighted by molar-refractivity contribution is 0.0960. The summed E-state index contributed by atoms with van der Waals surface area (Å²) in [5.74, 6) is 0.338. The Bertz CT molecular complexity index is 1770. The van der Waals surface area contributed by atoms with Crippen molar-refractivity contribution in [2.24, 2.45) is 0 Å². The Hall–Kier alpha value is -4.17. The van der Waals surface area contributed by atoms with E-state index >= 15 is 0 Å². The minimum atomic E-state index is -3.87. The first-order valence-electron chi connectivity index (χ1n) is 12.2. The van der Waals surface area contributed by atoms with E-state index in [1.54, 1.807) is 25.4 Å². The molecule has 1 aliphatic heterocycles. The van der Waals surface area contributed by atoms with E-state index in [4.69, 9.17) is 14.1 Å². The monoisotopic (exact) mass is 554 g/mol. The molecule has 0 saturated heterocycles. The van der Waals surface area contributed by atoms with Gasteiger partial charge in [0.25, 0.3) is 5.91 Å². The molecule has 0 saturated carbocycles. The number of rotatable bonds is 6. The number of hydrogen-bond acceptors (Lipinski definition) is 7. The Morgan fingerprint density at radius 2 is 1.85 bits per heavy atom. The lowest BCUT2D eigenvalue weighted by Gasteiger charge is -2.25. The van der Waals surface area contributed by atoms with Gasteiger partial charge < -0.3 is 9.84 Å². The third-order valence-corrected chi connectivity index (χ3v) is 8.87. The zero-order valence-corrected chi connectivity index (χ0v) is 22.6. The summed E-state index contributed by atoms with van der Waals surface area (Å²) in [4.78, 5) is 18.4. The zero-order chi connectivity index (χ0) is 26.8. The predicted molar refractivity (Wildman–Crippen MR) is 152 cm³/mol. The molecule has 1 unspecified atom stereocenters. The largest absolute Gasteiger partial charge is 0.509 e. The molecule has 6 rings (SSSR count). The molecule has 10 heteroatoms. The van der Waals surface area contributed by atoms with Crippen molar-refractivity contribution in [2.45, 2.75) is 16.4 Å². The number of carbonyl (C=O) groups is 1. The lowest BCUT2D eigenvalue weighted by atomic mass is 10.2. The predicted octanol–water partition coefficient (Wildman–Crippen LogP) is 6.68. The highest BCUT2D eigenvalue weighted by atomic mass is 32.2. The fourth-order valence-corrected chi connectivity index (χ4v) is 6.81. The lowest BCUT2D eigenvalue weighted by Crippen LogP contribution is -2.18. The quantitative estimate of drug-likeness (QED) is 0.234. The van der Waals surface area contributed by atoms with Crippen LogP contribution < -0.4 is 9.84 Å². The Balaban J connectivity index is 1.45. The zero-order valence-electron chi connectivity index (χ0n) is 20.9. The van der Waals surface area contributed by atoms with Crippen LogP contribution in [0.4, 0.5) is 0 Å². The first-order valence-corrected chi connectivity index (χ1v) is 14.5. The van der Waals surface area contributed by atoms with E-state index in [-0.39, 0.29) is 12.5 Å². The van der Waals surface area contributed by atoms with Crippen LogP contribution in [0.15, 0.2) is 101 Å². The highest BCUT2D eigenvalue weighted by molar-refractivity contribution is 7.99. The number of carbonyl (C=O) groups excluding carboxylic acids is 1. The molecule has 0 radical (unpaired) electrons. The number of nitrogens with zero attached hydrogens (tertiary/aromatic N) is 3. The van der Waals surface area contributed by atoms with E-state index in [0.29, 0.717) is 22.5 Å². The van der Waals surface area contributed by atoms with Crippen LogP contribution in [0, 0.1) is 0 Å². The third kappa shape index (κ3) is 5.00. The van der Waals surface area contributed by atoms with Crippen molar-refractivity contribution in [1.82, 2.24) is 19.9 Å². The molecule has 1 N–H and O–H groups in total. The molecular weight excluding hydrogens is 531 g/mol. The van der Waals surface area contributed by atoms with Crippen LogP contribution in [-0.2, 0) is 15.7 Å². The summed E-state index contributed by atoms with van der Waals surface area (Å²) in [6.45, 7) is 0.141. The summed E-state index contributed by atoms with van der Waals surface area (Å²) in [6, 6.07) is 26.2. The topological polar surface area (TPSA) is 95.3 Å². The Kier molecular flexibility index (Phi) is 6.79. The van der Waals surface area contributed by atoms with Crippen molar-refractivity contribution < 1.29 is 18.4 Å². The molecule has 5 aromatic rings. The first-order chi connectivity index (χ1) is 19.0. The molecular formula is C29H23N4O4PS. The number of pyridine rings is 1. The Morgan fingerprint density at radius 1 is 1.03 bits per heavy atom. The molecule has 0 fully saturated rings. The number of benzene rings is 3. The molecule has 0 bridgehead atoms. The van der Waals surface area contributed by atoms with Gasteiger partial charge in [0.2, 0.25) is 0 Å². The van der Waals surface area contributed by atoms with Gasteiger partial charge in [0, 0.05) is 34.0 Å².